The van der Waals surface area contributed by atoms with E-state index >= 15 is 0 Å². The van der Waals surface area contributed by atoms with Crippen LogP contribution in [0.1, 0.15) is 16.7 Å². The number of aryl methyl sites for hydroxylation is 1. The molecule has 0 bridgehead atoms. The van der Waals surface area contributed by atoms with E-state index in [9.17, 15) is 0 Å². The van der Waals surface area contributed by atoms with Gasteiger partial charge < -0.3 is 4.74 Å². The summed E-state index contributed by atoms with van der Waals surface area (Å²) in [7, 11) is 0. The molecule has 0 saturated carbocycles. The number of ether oxygens (including phenoxy) is 1. The first-order chi connectivity index (χ1) is 9.11. The van der Waals surface area contributed by atoms with Crippen molar-refractivity contribution >= 4 is 34.8 Å². The fraction of sp³-hybridized carbons (Fsp3) is 0.200. The van der Waals surface area contributed by atoms with Crippen molar-refractivity contribution in [2.75, 3.05) is 0 Å². The normalized spacial score (nSPS) is 10.5. The highest BCUT2D eigenvalue weighted by Gasteiger charge is 2.09. The van der Waals surface area contributed by atoms with E-state index in [2.05, 4.69) is 0 Å². The van der Waals surface area contributed by atoms with Crippen LogP contribution in [-0.4, -0.2) is 0 Å². The largest absolute Gasteiger partial charge is 0.487 e. The number of hydrogen-bond donors (Lipinski definition) is 0. The Kier molecular flexibility index (Phi) is 4.98. The van der Waals surface area contributed by atoms with Crippen molar-refractivity contribution in [2.24, 2.45) is 0 Å². The van der Waals surface area contributed by atoms with Gasteiger partial charge in [0.2, 0.25) is 0 Å². The zero-order valence-corrected chi connectivity index (χ0v) is 12.7. The van der Waals surface area contributed by atoms with Gasteiger partial charge in [-0.15, -0.1) is 11.6 Å². The van der Waals surface area contributed by atoms with Crippen molar-refractivity contribution < 1.29 is 4.74 Å². The zero-order valence-electron chi connectivity index (χ0n) is 10.4. The van der Waals surface area contributed by atoms with Crippen LogP contribution in [0.5, 0.6) is 5.75 Å². The molecule has 2 aromatic carbocycles. The molecule has 0 aliphatic rings. The Bertz CT molecular complexity index is 582. The molecule has 0 aliphatic heterocycles. The highest BCUT2D eigenvalue weighted by Crippen LogP contribution is 2.31. The monoisotopic (exact) mass is 314 g/mol. The lowest BCUT2D eigenvalue weighted by molar-refractivity contribution is 0.304. The number of alkyl halides is 1. The van der Waals surface area contributed by atoms with E-state index in [1.165, 1.54) is 0 Å². The molecule has 2 rings (SSSR count). The fourth-order valence-corrected chi connectivity index (χ4v) is 2.49. The van der Waals surface area contributed by atoms with Crippen LogP contribution in [0.3, 0.4) is 0 Å². The second-order valence-corrected chi connectivity index (χ2v) is 5.33. The maximum atomic E-state index is 6.17. The van der Waals surface area contributed by atoms with E-state index in [1.807, 2.05) is 37.3 Å². The molecule has 2 aromatic rings. The summed E-state index contributed by atoms with van der Waals surface area (Å²) in [4.78, 5) is 0. The summed E-state index contributed by atoms with van der Waals surface area (Å²) in [5.74, 6) is 0.980. The van der Waals surface area contributed by atoms with Crippen LogP contribution in [-0.2, 0) is 12.5 Å². The fourth-order valence-electron chi connectivity index (χ4n) is 1.74. The predicted octanol–water partition coefficient (Wildman–Crippen LogP) is 5.62. The first-order valence-corrected chi connectivity index (χ1v) is 7.12. The van der Waals surface area contributed by atoms with Crippen LogP contribution in [0, 0.1) is 6.92 Å². The van der Waals surface area contributed by atoms with Gasteiger partial charge in [-0.25, -0.2) is 0 Å². The standard InChI is InChI=1S/C15H13Cl3O/c1-10-5-6-12(14(18)7-10)9-19-15-11(8-16)3-2-4-13(15)17/h2-7H,8-9H2,1H3. The Morgan fingerprint density at radius 3 is 2.47 bits per heavy atom. The van der Waals surface area contributed by atoms with Crippen molar-refractivity contribution in [3.8, 4) is 5.75 Å². The van der Waals surface area contributed by atoms with Crippen LogP contribution < -0.4 is 4.74 Å². The highest BCUT2D eigenvalue weighted by molar-refractivity contribution is 6.32. The average molecular weight is 316 g/mol. The summed E-state index contributed by atoms with van der Waals surface area (Å²) in [5, 5.41) is 1.25. The molecular formula is C15H13Cl3O. The number of para-hydroxylation sites is 1. The maximum absolute atomic E-state index is 6.17. The molecule has 0 radical (unpaired) electrons. The maximum Gasteiger partial charge on any atom is 0.142 e. The molecule has 1 nitrogen and oxygen atoms in total. The molecule has 0 N–H and O–H groups in total. The van der Waals surface area contributed by atoms with E-state index < -0.39 is 0 Å². The Hall–Kier alpha value is -0.890. The molecule has 0 amide bonds. The molecule has 100 valence electrons. The molecular weight excluding hydrogens is 303 g/mol. The number of rotatable bonds is 4. The first-order valence-electron chi connectivity index (χ1n) is 5.83. The van der Waals surface area contributed by atoms with Crippen LogP contribution in [0.2, 0.25) is 10.0 Å². The Balaban J connectivity index is 2.19. The molecule has 0 aromatic heterocycles. The molecule has 4 heteroatoms. The topological polar surface area (TPSA) is 9.23 Å². The van der Waals surface area contributed by atoms with Crippen molar-refractivity contribution in [3.05, 3.63) is 63.1 Å². The van der Waals surface area contributed by atoms with Gasteiger partial charge in [-0.05, 0) is 24.6 Å². The Labute approximate surface area is 128 Å². The van der Waals surface area contributed by atoms with E-state index in [0.29, 0.717) is 28.3 Å². The second-order valence-electron chi connectivity index (χ2n) is 4.25. The number of hydrogen-bond acceptors (Lipinski definition) is 1. The third-order valence-corrected chi connectivity index (χ3v) is 3.71. The number of halogens is 3. The van der Waals surface area contributed by atoms with Gasteiger partial charge in [-0.2, -0.15) is 0 Å². The molecule has 0 saturated heterocycles. The Morgan fingerprint density at radius 1 is 1.00 bits per heavy atom. The Morgan fingerprint density at radius 2 is 1.79 bits per heavy atom. The third-order valence-electron chi connectivity index (χ3n) is 2.77. The quantitative estimate of drug-likeness (QED) is 0.665. The minimum atomic E-state index is 0.359. The predicted molar refractivity (Wildman–Crippen MR) is 81.5 cm³/mol. The van der Waals surface area contributed by atoms with E-state index in [-0.39, 0.29) is 0 Å². The van der Waals surface area contributed by atoms with Crippen LogP contribution in [0.4, 0.5) is 0 Å². The number of benzene rings is 2. The van der Waals surface area contributed by atoms with Crippen LogP contribution in [0.25, 0.3) is 0 Å². The lowest BCUT2D eigenvalue weighted by Crippen LogP contribution is -1.99. The van der Waals surface area contributed by atoms with Crippen molar-refractivity contribution in [1.29, 1.82) is 0 Å². The van der Waals surface area contributed by atoms with Crippen molar-refractivity contribution in [1.82, 2.24) is 0 Å². The van der Waals surface area contributed by atoms with Gasteiger partial charge in [0.1, 0.15) is 12.4 Å². The summed E-state index contributed by atoms with van der Waals surface area (Å²) < 4.78 is 5.76. The molecule has 0 aliphatic carbocycles. The van der Waals surface area contributed by atoms with Gasteiger partial charge in [-0.1, -0.05) is 47.5 Å². The zero-order chi connectivity index (χ0) is 13.8. The minimum Gasteiger partial charge on any atom is -0.487 e. The summed E-state index contributed by atoms with van der Waals surface area (Å²) >= 11 is 18.2. The minimum absolute atomic E-state index is 0.359. The molecule has 0 atom stereocenters. The van der Waals surface area contributed by atoms with Gasteiger partial charge in [0.25, 0.3) is 0 Å². The molecule has 0 fully saturated rings. The first kappa shape index (κ1) is 14.5. The van der Waals surface area contributed by atoms with Crippen molar-refractivity contribution in [2.45, 2.75) is 19.4 Å². The van der Waals surface area contributed by atoms with E-state index in [1.54, 1.807) is 6.07 Å². The van der Waals surface area contributed by atoms with Gasteiger partial charge >= 0.3 is 0 Å². The van der Waals surface area contributed by atoms with Gasteiger partial charge in [0, 0.05) is 16.1 Å². The second kappa shape index (κ2) is 6.51. The van der Waals surface area contributed by atoms with Crippen LogP contribution in [0.15, 0.2) is 36.4 Å². The van der Waals surface area contributed by atoms with Gasteiger partial charge in [0.05, 0.1) is 10.9 Å². The summed E-state index contributed by atoms with van der Waals surface area (Å²) in [5.41, 5.74) is 2.91. The lowest BCUT2D eigenvalue weighted by Gasteiger charge is -2.12. The van der Waals surface area contributed by atoms with Gasteiger partial charge in [-0.3, -0.25) is 0 Å². The smallest absolute Gasteiger partial charge is 0.142 e. The van der Waals surface area contributed by atoms with Gasteiger partial charge in [0.15, 0.2) is 0 Å². The summed E-state index contributed by atoms with van der Waals surface area (Å²) in [6, 6.07) is 11.4. The SMILES string of the molecule is Cc1ccc(COc2c(Cl)cccc2CCl)c(Cl)c1. The lowest BCUT2D eigenvalue weighted by atomic mass is 10.1. The third kappa shape index (κ3) is 3.56. The molecule has 0 spiro atoms. The molecule has 0 unspecified atom stereocenters. The van der Waals surface area contributed by atoms with E-state index in [4.69, 9.17) is 39.5 Å². The van der Waals surface area contributed by atoms with Crippen LogP contribution >= 0.6 is 34.8 Å². The van der Waals surface area contributed by atoms with Crippen molar-refractivity contribution in [3.63, 3.8) is 0 Å². The summed E-state index contributed by atoms with van der Waals surface area (Å²) in [6.45, 7) is 2.36. The molecule has 19 heavy (non-hydrogen) atoms. The highest BCUT2D eigenvalue weighted by atomic mass is 35.5. The molecule has 0 heterocycles. The average Bonchev–Trinajstić information content (AvgIpc) is 2.39. The summed E-state index contributed by atoms with van der Waals surface area (Å²) in [6.07, 6.45) is 0. The van der Waals surface area contributed by atoms with E-state index in [0.717, 1.165) is 16.7 Å².